The van der Waals surface area contributed by atoms with Crippen molar-refractivity contribution in [3.05, 3.63) is 0 Å². The van der Waals surface area contributed by atoms with E-state index >= 15 is 0 Å². The van der Waals surface area contributed by atoms with Crippen LogP contribution in [0.4, 0.5) is 0 Å². The average molecular weight is 170 g/mol. The molecule has 0 saturated carbocycles. The van der Waals surface area contributed by atoms with Crippen LogP contribution in [0.3, 0.4) is 0 Å². The molecule has 0 aliphatic carbocycles. The highest BCUT2D eigenvalue weighted by atomic mass is 15.2. The lowest BCUT2D eigenvalue weighted by Gasteiger charge is -2.32. The fraction of sp³-hybridized carbons (Fsp3) is 1.00. The lowest BCUT2D eigenvalue weighted by molar-refractivity contribution is 0.202. The third-order valence-electron chi connectivity index (χ3n) is 2.97. The van der Waals surface area contributed by atoms with E-state index in [9.17, 15) is 0 Å². The molecule has 0 bridgehead atoms. The van der Waals surface area contributed by atoms with Gasteiger partial charge in [0.1, 0.15) is 0 Å². The summed E-state index contributed by atoms with van der Waals surface area (Å²) >= 11 is 0. The van der Waals surface area contributed by atoms with Crippen LogP contribution in [0.5, 0.6) is 0 Å². The summed E-state index contributed by atoms with van der Waals surface area (Å²) in [5, 5.41) is 3.35. The van der Waals surface area contributed by atoms with Crippen LogP contribution < -0.4 is 5.32 Å². The maximum Gasteiger partial charge on any atom is 0.0249 e. The predicted octanol–water partition coefficient (Wildman–Crippen LogP) is 1.47. The smallest absolute Gasteiger partial charge is 0.0249 e. The molecule has 0 radical (unpaired) electrons. The van der Waals surface area contributed by atoms with E-state index in [1.54, 1.807) is 0 Å². The Bertz CT molecular complexity index is 143. The molecule has 1 saturated heterocycles. The SMILES string of the molecule is CNC(C)(C)CN1CCCC1C. The van der Waals surface area contributed by atoms with Gasteiger partial charge in [-0.05, 0) is 47.2 Å². The van der Waals surface area contributed by atoms with Crippen LogP contribution >= 0.6 is 0 Å². The molecule has 1 aliphatic rings. The Kier molecular flexibility index (Phi) is 3.13. The zero-order valence-corrected chi connectivity index (χ0v) is 8.85. The molecule has 1 aliphatic heterocycles. The standard InChI is InChI=1S/C10H22N2/c1-9-6-5-7-12(9)8-10(2,3)11-4/h9,11H,5-8H2,1-4H3. The number of likely N-dealkylation sites (tertiary alicyclic amines) is 1. The van der Waals surface area contributed by atoms with Crippen molar-refractivity contribution in [1.29, 1.82) is 0 Å². The molecule has 12 heavy (non-hydrogen) atoms. The summed E-state index contributed by atoms with van der Waals surface area (Å²) in [5.74, 6) is 0. The number of nitrogens with one attached hydrogen (secondary N) is 1. The molecule has 1 fully saturated rings. The van der Waals surface area contributed by atoms with E-state index in [1.807, 2.05) is 7.05 Å². The highest BCUT2D eigenvalue weighted by Gasteiger charge is 2.26. The summed E-state index contributed by atoms with van der Waals surface area (Å²) in [4.78, 5) is 2.58. The minimum absolute atomic E-state index is 0.262. The zero-order chi connectivity index (χ0) is 9.19. The molecule has 0 aromatic rings. The number of likely N-dealkylation sites (N-methyl/N-ethyl adjacent to an activating group) is 1. The summed E-state index contributed by atoms with van der Waals surface area (Å²) in [6.07, 6.45) is 2.75. The van der Waals surface area contributed by atoms with Gasteiger partial charge in [0.05, 0.1) is 0 Å². The van der Waals surface area contributed by atoms with E-state index in [-0.39, 0.29) is 5.54 Å². The topological polar surface area (TPSA) is 15.3 Å². The number of hydrogen-bond donors (Lipinski definition) is 1. The number of nitrogens with zero attached hydrogens (tertiary/aromatic N) is 1. The second kappa shape index (κ2) is 3.75. The van der Waals surface area contributed by atoms with E-state index in [1.165, 1.54) is 25.9 Å². The van der Waals surface area contributed by atoms with Crippen LogP contribution in [-0.2, 0) is 0 Å². The summed E-state index contributed by atoms with van der Waals surface area (Å²) < 4.78 is 0. The highest BCUT2D eigenvalue weighted by molar-refractivity contribution is 4.85. The molecule has 2 heteroatoms. The van der Waals surface area contributed by atoms with E-state index < -0.39 is 0 Å². The molecule has 2 nitrogen and oxygen atoms in total. The Morgan fingerprint density at radius 1 is 1.50 bits per heavy atom. The van der Waals surface area contributed by atoms with Crippen molar-refractivity contribution in [2.24, 2.45) is 0 Å². The molecule has 1 unspecified atom stereocenters. The van der Waals surface area contributed by atoms with Gasteiger partial charge in [0.15, 0.2) is 0 Å². The van der Waals surface area contributed by atoms with Gasteiger partial charge in [0.25, 0.3) is 0 Å². The van der Waals surface area contributed by atoms with Gasteiger partial charge < -0.3 is 5.32 Å². The van der Waals surface area contributed by atoms with Gasteiger partial charge in [0.2, 0.25) is 0 Å². The average Bonchev–Trinajstić information content (AvgIpc) is 2.36. The van der Waals surface area contributed by atoms with Gasteiger partial charge in [0, 0.05) is 18.1 Å². The first-order chi connectivity index (χ1) is 5.55. The third kappa shape index (κ3) is 2.46. The van der Waals surface area contributed by atoms with Crippen LogP contribution in [0.15, 0.2) is 0 Å². The first-order valence-electron chi connectivity index (χ1n) is 4.98. The largest absolute Gasteiger partial charge is 0.314 e. The fourth-order valence-electron chi connectivity index (χ4n) is 1.81. The monoisotopic (exact) mass is 170 g/mol. The molecule has 0 amide bonds. The Morgan fingerprint density at radius 3 is 2.58 bits per heavy atom. The van der Waals surface area contributed by atoms with Crippen LogP contribution in [0.25, 0.3) is 0 Å². The van der Waals surface area contributed by atoms with Gasteiger partial charge in [-0.3, -0.25) is 4.90 Å². The second-order valence-corrected chi connectivity index (χ2v) is 4.60. The van der Waals surface area contributed by atoms with Crippen molar-refractivity contribution in [3.8, 4) is 0 Å². The van der Waals surface area contributed by atoms with Crippen molar-refractivity contribution < 1.29 is 0 Å². The van der Waals surface area contributed by atoms with Crippen molar-refractivity contribution in [2.75, 3.05) is 20.1 Å². The molecule has 0 aromatic carbocycles. The van der Waals surface area contributed by atoms with E-state index in [2.05, 4.69) is 31.0 Å². The minimum atomic E-state index is 0.262. The van der Waals surface area contributed by atoms with E-state index in [0.717, 1.165) is 6.04 Å². The van der Waals surface area contributed by atoms with Gasteiger partial charge in [-0.2, -0.15) is 0 Å². The summed E-state index contributed by atoms with van der Waals surface area (Å²) in [6.45, 7) is 9.31. The van der Waals surface area contributed by atoms with Crippen molar-refractivity contribution in [2.45, 2.75) is 45.2 Å². The van der Waals surface area contributed by atoms with Gasteiger partial charge in [-0.25, -0.2) is 0 Å². The van der Waals surface area contributed by atoms with Crippen LogP contribution in [0.1, 0.15) is 33.6 Å². The Labute approximate surface area is 76.3 Å². The Hall–Kier alpha value is -0.0800. The molecular weight excluding hydrogens is 148 g/mol. The van der Waals surface area contributed by atoms with Crippen LogP contribution in [-0.4, -0.2) is 36.6 Å². The predicted molar refractivity (Wildman–Crippen MR) is 53.4 cm³/mol. The summed E-state index contributed by atoms with van der Waals surface area (Å²) in [5.41, 5.74) is 0.262. The molecular formula is C10H22N2. The summed E-state index contributed by atoms with van der Waals surface area (Å²) in [7, 11) is 2.04. The minimum Gasteiger partial charge on any atom is -0.314 e. The zero-order valence-electron chi connectivity index (χ0n) is 8.85. The first kappa shape index (κ1) is 10.0. The Balaban J connectivity index is 2.39. The molecule has 1 rings (SSSR count). The molecule has 1 atom stereocenters. The first-order valence-corrected chi connectivity index (χ1v) is 4.98. The van der Waals surface area contributed by atoms with Crippen LogP contribution in [0, 0.1) is 0 Å². The third-order valence-corrected chi connectivity index (χ3v) is 2.97. The van der Waals surface area contributed by atoms with Crippen molar-refractivity contribution in [1.82, 2.24) is 10.2 Å². The maximum absolute atomic E-state index is 3.35. The van der Waals surface area contributed by atoms with Crippen molar-refractivity contribution in [3.63, 3.8) is 0 Å². The number of rotatable bonds is 3. The second-order valence-electron chi connectivity index (χ2n) is 4.60. The molecule has 72 valence electrons. The molecule has 0 spiro atoms. The summed E-state index contributed by atoms with van der Waals surface area (Å²) in [6, 6.07) is 0.789. The molecule has 1 N–H and O–H groups in total. The van der Waals surface area contributed by atoms with Crippen molar-refractivity contribution >= 4 is 0 Å². The van der Waals surface area contributed by atoms with E-state index in [0.29, 0.717) is 0 Å². The lowest BCUT2D eigenvalue weighted by atomic mass is 10.1. The maximum atomic E-state index is 3.35. The van der Waals surface area contributed by atoms with Gasteiger partial charge in [-0.15, -0.1) is 0 Å². The van der Waals surface area contributed by atoms with Gasteiger partial charge >= 0.3 is 0 Å². The fourth-order valence-corrected chi connectivity index (χ4v) is 1.81. The quantitative estimate of drug-likeness (QED) is 0.690. The molecule has 1 heterocycles. The Morgan fingerprint density at radius 2 is 2.17 bits per heavy atom. The molecule has 0 aromatic heterocycles. The highest BCUT2D eigenvalue weighted by Crippen LogP contribution is 2.18. The normalized spacial score (nSPS) is 26.5. The number of hydrogen-bond acceptors (Lipinski definition) is 2. The van der Waals surface area contributed by atoms with E-state index in [4.69, 9.17) is 0 Å². The lowest BCUT2D eigenvalue weighted by Crippen LogP contribution is -2.48. The van der Waals surface area contributed by atoms with Crippen LogP contribution in [0.2, 0.25) is 0 Å². The van der Waals surface area contributed by atoms with Gasteiger partial charge in [-0.1, -0.05) is 0 Å².